The minimum atomic E-state index is -0.0479. The summed E-state index contributed by atoms with van der Waals surface area (Å²) in [6.45, 7) is 2.01. The van der Waals surface area contributed by atoms with Crippen molar-refractivity contribution in [3.8, 4) is 17.2 Å². The summed E-state index contributed by atoms with van der Waals surface area (Å²) in [4.78, 5) is 0. The van der Waals surface area contributed by atoms with Gasteiger partial charge in [0.2, 0.25) is 0 Å². The van der Waals surface area contributed by atoms with Gasteiger partial charge >= 0.3 is 0 Å². The summed E-state index contributed by atoms with van der Waals surface area (Å²) in [5.41, 5.74) is 1.86. The summed E-state index contributed by atoms with van der Waals surface area (Å²) in [5, 5.41) is 6.93. The van der Waals surface area contributed by atoms with Crippen molar-refractivity contribution in [3.63, 3.8) is 0 Å². The highest BCUT2D eigenvalue weighted by molar-refractivity contribution is 7.80. The van der Waals surface area contributed by atoms with Crippen LogP contribution in [0.2, 0.25) is 0 Å². The molecule has 0 aliphatic heterocycles. The lowest BCUT2D eigenvalue weighted by Crippen LogP contribution is -2.31. The monoisotopic (exact) mass is 346 g/mol. The molecule has 0 heterocycles. The number of hydrogen-bond donors (Lipinski definition) is 2. The fourth-order valence-corrected chi connectivity index (χ4v) is 2.59. The van der Waals surface area contributed by atoms with Crippen LogP contribution in [0.25, 0.3) is 0 Å². The van der Waals surface area contributed by atoms with E-state index in [0.29, 0.717) is 5.11 Å². The van der Waals surface area contributed by atoms with E-state index in [1.807, 2.05) is 49.4 Å². The summed E-state index contributed by atoms with van der Waals surface area (Å²) >= 11 is 5.39. The second kappa shape index (κ2) is 8.40. The first-order valence-corrected chi connectivity index (χ1v) is 7.91. The molecule has 2 aromatic carbocycles. The maximum absolute atomic E-state index is 5.42. The second-order valence-electron chi connectivity index (χ2n) is 5.16. The molecule has 5 nitrogen and oxygen atoms in total. The minimum absolute atomic E-state index is 0.0479. The van der Waals surface area contributed by atoms with Gasteiger partial charge in [-0.05, 0) is 61.6 Å². The van der Waals surface area contributed by atoms with Gasteiger partial charge in [-0.2, -0.15) is 0 Å². The number of nitrogens with one attached hydrogen (secondary N) is 2. The summed E-state index contributed by atoms with van der Waals surface area (Å²) < 4.78 is 15.8. The number of methoxy groups -OCH3 is 3. The molecule has 6 heteroatoms. The maximum atomic E-state index is 5.42. The van der Waals surface area contributed by atoms with E-state index >= 15 is 0 Å². The van der Waals surface area contributed by atoms with E-state index in [2.05, 4.69) is 10.6 Å². The highest BCUT2D eigenvalue weighted by Gasteiger charge is 2.14. The van der Waals surface area contributed by atoms with E-state index in [4.69, 9.17) is 26.4 Å². The van der Waals surface area contributed by atoms with Gasteiger partial charge < -0.3 is 24.8 Å². The van der Waals surface area contributed by atoms with Crippen LogP contribution < -0.4 is 24.8 Å². The lowest BCUT2D eigenvalue weighted by atomic mass is 10.1. The second-order valence-corrected chi connectivity index (χ2v) is 5.56. The highest BCUT2D eigenvalue weighted by atomic mass is 32.1. The van der Waals surface area contributed by atoms with Crippen molar-refractivity contribution in [1.82, 2.24) is 5.32 Å². The molecule has 0 aliphatic rings. The van der Waals surface area contributed by atoms with Crippen molar-refractivity contribution in [2.75, 3.05) is 26.6 Å². The van der Waals surface area contributed by atoms with Gasteiger partial charge in [0.25, 0.3) is 0 Å². The van der Waals surface area contributed by atoms with Crippen LogP contribution in [0.4, 0.5) is 5.69 Å². The zero-order valence-electron chi connectivity index (χ0n) is 14.3. The van der Waals surface area contributed by atoms with Gasteiger partial charge in [-0.1, -0.05) is 0 Å². The fourth-order valence-electron chi connectivity index (χ4n) is 2.29. The van der Waals surface area contributed by atoms with Crippen molar-refractivity contribution in [2.24, 2.45) is 0 Å². The first-order chi connectivity index (χ1) is 11.6. The predicted molar refractivity (Wildman–Crippen MR) is 100 cm³/mol. The number of benzene rings is 2. The maximum Gasteiger partial charge on any atom is 0.171 e. The molecule has 0 aromatic heterocycles. The average Bonchev–Trinajstić information content (AvgIpc) is 2.61. The van der Waals surface area contributed by atoms with Crippen LogP contribution in [0.1, 0.15) is 18.5 Å². The van der Waals surface area contributed by atoms with E-state index in [-0.39, 0.29) is 6.04 Å². The van der Waals surface area contributed by atoms with E-state index in [1.165, 1.54) is 0 Å². The lowest BCUT2D eigenvalue weighted by Gasteiger charge is -2.20. The molecule has 0 bridgehead atoms. The van der Waals surface area contributed by atoms with Crippen LogP contribution in [0, 0.1) is 0 Å². The third-order valence-electron chi connectivity index (χ3n) is 3.60. The SMILES string of the molecule is COc1ccc(NC(=S)NC(C)c2cc(OC)ccc2OC)cc1. The number of ether oxygens (including phenoxy) is 3. The molecular formula is C18H22N2O3S. The Hall–Kier alpha value is -2.47. The number of rotatable bonds is 6. The van der Waals surface area contributed by atoms with Crippen LogP contribution in [0.3, 0.4) is 0 Å². The smallest absolute Gasteiger partial charge is 0.171 e. The third-order valence-corrected chi connectivity index (χ3v) is 3.82. The molecule has 0 saturated carbocycles. The number of thiocarbonyl (C=S) groups is 1. The Labute approximate surface area is 147 Å². The molecule has 2 rings (SSSR count). The minimum Gasteiger partial charge on any atom is -0.497 e. The zero-order chi connectivity index (χ0) is 17.5. The van der Waals surface area contributed by atoms with Crippen molar-refractivity contribution in [1.29, 1.82) is 0 Å². The van der Waals surface area contributed by atoms with Crippen LogP contribution in [-0.4, -0.2) is 26.4 Å². The fraction of sp³-hybridized carbons (Fsp3) is 0.278. The molecule has 0 saturated heterocycles. The molecular weight excluding hydrogens is 324 g/mol. The molecule has 2 N–H and O–H groups in total. The van der Waals surface area contributed by atoms with E-state index in [0.717, 1.165) is 28.5 Å². The van der Waals surface area contributed by atoms with Crippen LogP contribution in [0.15, 0.2) is 42.5 Å². The largest absolute Gasteiger partial charge is 0.497 e. The van der Waals surface area contributed by atoms with E-state index in [1.54, 1.807) is 21.3 Å². The summed E-state index contributed by atoms with van der Waals surface area (Å²) in [7, 11) is 4.92. The normalized spacial score (nSPS) is 11.3. The Bertz CT molecular complexity index is 689. The Morgan fingerprint density at radius 1 is 0.917 bits per heavy atom. The standard InChI is InChI=1S/C18H22N2O3S/c1-12(16-11-15(22-3)9-10-17(16)23-4)19-18(24)20-13-5-7-14(21-2)8-6-13/h5-12H,1-4H3,(H2,19,20,24). The van der Waals surface area contributed by atoms with Crippen molar-refractivity contribution in [2.45, 2.75) is 13.0 Å². The molecule has 0 aliphatic carbocycles. The van der Waals surface area contributed by atoms with Gasteiger partial charge in [-0.15, -0.1) is 0 Å². The molecule has 0 spiro atoms. The van der Waals surface area contributed by atoms with Gasteiger partial charge in [0.1, 0.15) is 17.2 Å². The molecule has 1 unspecified atom stereocenters. The van der Waals surface area contributed by atoms with Gasteiger partial charge in [0, 0.05) is 11.3 Å². The highest BCUT2D eigenvalue weighted by Crippen LogP contribution is 2.29. The van der Waals surface area contributed by atoms with Gasteiger partial charge in [0.15, 0.2) is 5.11 Å². The Balaban J connectivity index is 2.05. The van der Waals surface area contributed by atoms with Crippen molar-refractivity contribution in [3.05, 3.63) is 48.0 Å². The van der Waals surface area contributed by atoms with Crippen molar-refractivity contribution < 1.29 is 14.2 Å². The molecule has 0 radical (unpaired) electrons. The van der Waals surface area contributed by atoms with E-state index in [9.17, 15) is 0 Å². The topological polar surface area (TPSA) is 51.8 Å². The van der Waals surface area contributed by atoms with Gasteiger partial charge in [-0.3, -0.25) is 0 Å². The molecule has 0 fully saturated rings. The molecule has 24 heavy (non-hydrogen) atoms. The Morgan fingerprint density at radius 3 is 2.12 bits per heavy atom. The Kier molecular flexibility index (Phi) is 6.26. The van der Waals surface area contributed by atoms with Gasteiger partial charge in [0.05, 0.1) is 27.4 Å². The molecule has 1 atom stereocenters. The molecule has 0 amide bonds. The lowest BCUT2D eigenvalue weighted by molar-refractivity contribution is 0.395. The summed E-state index contributed by atoms with van der Waals surface area (Å²) in [6.07, 6.45) is 0. The average molecular weight is 346 g/mol. The molecule has 128 valence electrons. The van der Waals surface area contributed by atoms with E-state index < -0.39 is 0 Å². The van der Waals surface area contributed by atoms with Gasteiger partial charge in [-0.25, -0.2) is 0 Å². The van der Waals surface area contributed by atoms with Crippen LogP contribution >= 0.6 is 12.2 Å². The number of anilines is 1. The van der Waals surface area contributed by atoms with Crippen LogP contribution in [0.5, 0.6) is 17.2 Å². The summed E-state index contributed by atoms with van der Waals surface area (Å²) in [6, 6.07) is 13.2. The quantitative estimate of drug-likeness (QED) is 0.777. The molecule has 2 aromatic rings. The van der Waals surface area contributed by atoms with Crippen LogP contribution in [-0.2, 0) is 0 Å². The Morgan fingerprint density at radius 2 is 1.54 bits per heavy atom. The summed E-state index contributed by atoms with van der Waals surface area (Å²) in [5.74, 6) is 2.35. The third kappa shape index (κ3) is 4.52. The predicted octanol–water partition coefficient (Wildman–Crippen LogP) is 3.76. The first kappa shape index (κ1) is 17.9. The zero-order valence-corrected chi connectivity index (χ0v) is 15.1. The van der Waals surface area contributed by atoms with Crippen molar-refractivity contribution >= 4 is 23.0 Å². The first-order valence-electron chi connectivity index (χ1n) is 7.51. The number of hydrogen-bond acceptors (Lipinski definition) is 4.